The van der Waals surface area contributed by atoms with E-state index in [1.807, 2.05) is 0 Å². The van der Waals surface area contributed by atoms with Crippen molar-refractivity contribution in [1.29, 1.82) is 0 Å². The van der Waals surface area contributed by atoms with E-state index < -0.39 is 11.9 Å². The van der Waals surface area contributed by atoms with E-state index in [9.17, 15) is 4.39 Å². The van der Waals surface area contributed by atoms with Crippen molar-refractivity contribution in [3.63, 3.8) is 0 Å². The molecule has 1 aromatic heterocycles. The topological polar surface area (TPSA) is 61.0 Å². The number of halogens is 1. The van der Waals surface area contributed by atoms with E-state index in [1.54, 1.807) is 31.3 Å². The van der Waals surface area contributed by atoms with Gasteiger partial charge in [0.25, 0.3) is 0 Å². The molecular weight excluding hydrogens is 233 g/mol. The molecule has 0 saturated carbocycles. The van der Waals surface area contributed by atoms with Crippen LogP contribution in [0.5, 0.6) is 5.75 Å². The molecule has 5 heteroatoms. The maximum atomic E-state index is 13.9. The number of methoxy groups -OCH3 is 1. The summed E-state index contributed by atoms with van der Waals surface area (Å²) in [4.78, 5) is 8.18. The predicted molar refractivity (Wildman–Crippen MR) is 65.8 cm³/mol. The number of rotatable bonds is 3. The molecule has 0 amide bonds. The first-order valence-electron chi connectivity index (χ1n) is 5.50. The van der Waals surface area contributed by atoms with Crippen LogP contribution in [-0.2, 0) is 0 Å². The van der Waals surface area contributed by atoms with Gasteiger partial charge in [0.2, 0.25) is 0 Å². The summed E-state index contributed by atoms with van der Waals surface area (Å²) in [5.74, 6) is 0.664. The summed E-state index contributed by atoms with van der Waals surface area (Å²) in [6.07, 6.45) is 1.61. The Morgan fingerprint density at radius 2 is 2.11 bits per heavy atom. The van der Waals surface area contributed by atoms with Crippen LogP contribution < -0.4 is 10.5 Å². The number of aryl methyl sites for hydroxylation is 1. The number of benzene rings is 1. The Labute approximate surface area is 105 Å². The molecule has 1 atom stereocenters. The zero-order valence-corrected chi connectivity index (χ0v) is 10.2. The second-order valence-corrected chi connectivity index (χ2v) is 3.89. The molecule has 1 heterocycles. The van der Waals surface area contributed by atoms with Crippen LogP contribution in [0.25, 0.3) is 0 Å². The Morgan fingerprint density at radius 1 is 1.33 bits per heavy atom. The summed E-state index contributed by atoms with van der Waals surface area (Å²) in [5.41, 5.74) is 6.98. The van der Waals surface area contributed by atoms with Gasteiger partial charge >= 0.3 is 0 Å². The lowest BCUT2D eigenvalue weighted by Crippen LogP contribution is -2.16. The lowest BCUT2D eigenvalue weighted by Gasteiger charge is -2.13. The third-order valence-electron chi connectivity index (χ3n) is 2.66. The fourth-order valence-electron chi connectivity index (χ4n) is 1.69. The highest BCUT2D eigenvalue weighted by Gasteiger charge is 2.15. The van der Waals surface area contributed by atoms with Gasteiger partial charge in [-0.1, -0.05) is 6.07 Å². The van der Waals surface area contributed by atoms with Gasteiger partial charge < -0.3 is 10.5 Å². The molecule has 94 valence electrons. The van der Waals surface area contributed by atoms with E-state index in [1.165, 1.54) is 13.2 Å². The molecule has 2 rings (SSSR count). The first-order chi connectivity index (χ1) is 8.61. The van der Waals surface area contributed by atoms with Crippen molar-refractivity contribution in [2.75, 3.05) is 7.11 Å². The summed E-state index contributed by atoms with van der Waals surface area (Å²) < 4.78 is 18.8. The largest absolute Gasteiger partial charge is 0.497 e. The number of hydrogen-bond acceptors (Lipinski definition) is 4. The SMILES string of the molecule is COc1ccc(C(N)c2ccnc(C)n2)c(F)c1. The maximum Gasteiger partial charge on any atom is 0.132 e. The van der Waals surface area contributed by atoms with Crippen LogP contribution in [0.3, 0.4) is 0 Å². The predicted octanol–water partition coefficient (Wildman–Crippen LogP) is 1.98. The Morgan fingerprint density at radius 3 is 2.72 bits per heavy atom. The maximum absolute atomic E-state index is 13.9. The third kappa shape index (κ3) is 2.46. The monoisotopic (exact) mass is 247 g/mol. The molecule has 0 radical (unpaired) electrons. The fourth-order valence-corrected chi connectivity index (χ4v) is 1.69. The van der Waals surface area contributed by atoms with Crippen LogP contribution in [0, 0.1) is 12.7 Å². The van der Waals surface area contributed by atoms with E-state index in [0.717, 1.165) is 0 Å². The summed E-state index contributed by atoms with van der Waals surface area (Å²) >= 11 is 0. The van der Waals surface area contributed by atoms with Crippen LogP contribution in [0.2, 0.25) is 0 Å². The van der Waals surface area contributed by atoms with Gasteiger partial charge in [0.15, 0.2) is 0 Å². The Hall–Kier alpha value is -2.01. The smallest absolute Gasteiger partial charge is 0.132 e. The summed E-state index contributed by atoms with van der Waals surface area (Å²) in [6.45, 7) is 1.76. The lowest BCUT2D eigenvalue weighted by atomic mass is 10.0. The second-order valence-electron chi connectivity index (χ2n) is 3.89. The van der Waals surface area contributed by atoms with Gasteiger partial charge in [-0.05, 0) is 19.1 Å². The van der Waals surface area contributed by atoms with Gasteiger partial charge in [-0.3, -0.25) is 0 Å². The van der Waals surface area contributed by atoms with Gasteiger partial charge in [0, 0.05) is 17.8 Å². The number of ether oxygens (including phenoxy) is 1. The van der Waals surface area contributed by atoms with Crippen molar-refractivity contribution < 1.29 is 9.13 Å². The molecule has 0 aliphatic rings. The zero-order chi connectivity index (χ0) is 13.1. The summed E-state index contributed by atoms with van der Waals surface area (Å²) in [5, 5.41) is 0. The average molecular weight is 247 g/mol. The quantitative estimate of drug-likeness (QED) is 0.900. The highest BCUT2D eigenvalue weighted by Crippen LogP contribution is 2.24. The molecule has 0 saturated heterocycles. The van der Waals surface area contributed by atoms with Crippen molar-refractivity contribution in [3.05, 3.63) is 53.4 Å². The Bertz CT molecular complexity index is 560. The van der Waals surface area contributed by atoms with Gasteiger partial charge in [-0.2, -0.15) is 0 Å². The molecule has 0 fully saturated rings. The van der Waals surface area contributed by atoms with Gasteiger partial charge in [0.05, 0.1) is 18.8 Å². The van der Waals surface area contributed by atoms with Crippen LogP contribution in [-0.4, -0.2) is 17.1 Å². The first-order valence-corrected chi connectivity index (χ1v) is 5.50. The molecule has 2 aromatic rings. The second kappa shape index (κ2) is 5.10. The molecule has 0 aliphatic carbocycles. The number of hydrogen-bond donors (Lipinski definition) is 1. The molecule has 1 aromatic carbocycles. The van der Waals surface area contributed by atoms with Crippen molar-refractivity contribution >= 4 is 0 Å². The zero-order valence-electron chi connectivity index (χ0n) is 10.2. The highest BCUT2D eigenvalue weighted by atomic mass is 19.1. The summed E-state index contributed by atoms with van der Waals surface area (Å²) in [7, 11) is 1.49. The van der Waals surface area contributed by atoms with Crippen LogP contribution >= 0.6 is 0 Å². The van der Waals surface area contributed by atoms with Crippen LogP contribution in [0.1, 0.15) is 23.1 Å². The van der Waals surface area contributed by atoms with Crippen molar-refractivity contribution in [2.45, 2.75) is 13.0 Å². The minimum atomic E-state index is -0.613. The van der Waals surface area contributed by atoms with E-state index in [4.69, 9.17) is 10.5 Å². The minimum Gasteiger partial charge on any atom is -0.497 e. The van der Waals surface area contributed by atoms with E-state index >= 15 is 0 Å². The molecule has 0 bridgehead atoms. The van der Waals surface area contributed by atoms with Gasteiger partial charge in [-0.15, -0.1) is 0 Å². The third-order valence-corrected chi connectivity index (χ3v) is 2.66. The lowest BCUT2D eigenvalue weighted by molar-refractivity contribution is 0.410. The van der Waals surface area contributed by atoms with E-state index in [0.29, 0.717) is 22.8 Å². The fraction of sp³-hybridized carbons (Fsp3) is 0.231. The van der Waals surface area contributed by atoms with Crippen molar-refractivity contribution in [2.24, 2.45) is 5.73 Å². The molecule has 2 N–H and O–H groups in total. The van der Waals surface area contributed by atoms with Gasteiger partial charge in [0.1, 0.15) is 17.4 Å². The molecule has 0 spiro atoms. The van der Waals surface area contributed by atoms with Crippen molar-refractivity contribution in [1.82, 2.24) is 9.97 Å². The first kappa shape index (κ1) is 12.4. The molecule has 4 nitrogen and oxygen atoms in total. The molecule has 1 unspecified atom stereocenters. The van der Waals surface area contributed by atoms with E-state index in [-0.39, 0.29) is 0 Å². The number of nitrogens with two attached hydrogens (primary N) is 1. The van der Waals surface area contributed by atoms with E-state index in [2.05, 4.69) is 9.97 Å². The van der Waals surface area contributed by atoms with Crippen LogP contribution in [0.4, 0.5) is 4.39 Å². The normalized spacial score (nSPS) is 12.2. The molecule has 18 heavy (non-hydrogen) atoms. The molecular formula is C13H14FN3O. The minimum absolute atomic E-state index is 0.383. The van der Waals surface area contributed by atoms with Crippen LogP contribution in [0.15, 0.2) is 30.5 Å². The summed E-state index contributed by atoms with van der Waals surface area (Å²) in [6, 6.07) is 5.66. The number of nitrogens with zero attached hydrogens (tertiary/aromatic N) is 2. The Kier molecular flexibility index (Phi) is 3.53. The Balaban J connectivity index is 2.37. The standard InChI is InChI=1S/C13H14FN3O/c1-8-16-6-5-12(17-8)13(15)10-4-3-9(18-2)7-11(10)14/h3-7,13H,15H2,1-2H3. The average Bonchev–Trinajstić information content (AvgIpc) is 2.37. The molecule has 0 aliphatic heterocycles. The highest BCUT2D eigenvalue weighted by molar-refractivity contribution is 5.34. The van der Waals surface area contributed by atoms with Gasteiger partial charge in [-0.25, -0.2) is 14.4 Å². The number of aromatic nitrogens is 2. The van der Waals surface area contributed by atoms with Crippen molar-refractivity contribution in [3.8, 4) is 5.75 Å².